The molecule has 2 heterocycles. The summed E-state index contributed by atoms with van der Waals surface area (Å²) in [6.07, 6.45) is 0.833. The molecule has 174 valence electrons. The van der Waals surface area contributed by atoms with E-state index in [1.807, 2.05) is 49.7 Å². The van der Waals surface area contributed by atoms with Crippen LogP contribution in [0.25, 0.3) is 11.3 Å². The van der Waals surface area contributed by atoms with Crippen LogP contribution >= 0.6 is 11.6 Å². The Morgan fingerprint density at radius 3 is 2.42 bits per heavy atom. The molecule has 5 nitrogen and oxygen atoms in total. The minimum absolute atomic E-state index is 0.290. The Hall–Kier alpha value is -2.93. The lowest BCUT2D eigenvalue weighted by Gasteiger charge is -2.26. The van der Waals surface area contributed by atoms with E-state index in [4.69, 9.17) is 21.4 Å². The van der Waals surface area contributed by atoms with E-state index in [1.54, 1.807) is 11.0 Å². The third kappa shape index (κ3) is 5.36. The number of carbonyl (C=O) groups excluding carboxylic acids is 1. The first kappa shape index (κ1) is 23.2. The van der Waals surface area contributed by atoms with E-state index in [0.717, 1.165) is 28.6 Å². The molecule has 0 N–H and O–H groups in total. The molecule has 1 aromatic heterocycles. The van der Waals surface area contributed by atoms with E-state index in [0.29, 0.717) is 36.5 Å². The summed E-state index contributed by atoms with van der Waals surface area (Å²) in [5, 5.41) is 5.43. The Morgan fingerprint density at radius 1 is 1.06 bits per heavy atom. The first-order valence-corrected chi connectivity index (χ1v) is 11.2. The second kappa shape index (κ2) is 9.14. The quantitative estimate of drug-likeness (QED) is 0.478. The highest BCUT2D eigenvalue weighted by Crippen LogP contribution is 2.31. The SMILES string of the molecule is CC(C)(C)OC(=O)N1CCc2nn(Cc3ccc(F)c(F)c3)c(-c3ccc(Cl)cc3)c2CC1. The minimum Gasteiger partial charge on any atom is -0.444 e. The van der Waals surface area contributed by atoms with E-state index in [1.165, 1.54) is 6.07 Å². The molecule has 4 rings (SSSR count). The zero-order chi connectivity index (χ0) is 23.8. The van der Waals surface area contributed by atoms with Crippen molar-refractivity contribution < 1.29 is 18.3 Å². The number of carbonyl (C=O) groups is 1. The number of ether oxygens (including phenoxy) is 1. The van der Waals surface area contributed by atoms with Gasteiger partial charge in [0, 0.05) is 35.7 Å². The highest BCUT2D eigenvalue weighted by Gasteiger charge is 2.28. The highest BCUT2D eigenvalue weighted by molar-refractivity contribution is 6.30. The Kier molecular flexibility index (Phi) is 6.43. The monoisotopic (exact) mass is 473 g/mol. The van der Waals surface area contributed by atoms with Crippen LogP contribution < -0.4 is 0 Å². The van der Waals surface area contributed by atoms with Crippen LogP contribution in [-0.4, -0.2) is 39.5 Å². The predicted octanol–water partition coefficient (Wildman–Crippen LogP) is 5.87. The van der Waals surface area contributed by atoms with E-state index in [-0.39, 0.29) is 12.6 Å². The fraction of sp³-hybridized carbons (Fsp3) is 0.360. The van der Waals surface area contributed by atoms with E-state index in [2.05, 4.69) is 0 Å². The summed E-state index contributed by atoms with van der Waals surface area (Å²) in [5.41, 5.74) is 3.77. The van der Waals surface area contributed by atoms with Gasteiger partial charge in [0.2, 0.25) is 0 Å². The Morgan fingerprint density at radius 2 is 1.76 bits per heavy atom. The molecule has 0 saturated carbocycles. The summed E-state index contributed by atoms with van der Waals surface area (Å²) >= 11 is 6.09. The van der Waals surface area contributed by atoms with Gasteiger partial charge in [0.15, 0.2) is 11.6 Å². The summed E-state index contributed by atoms with van der Waals surface area (Å²) in [6.45, 7) is 6.82. The standard InChI is InChI=1S/C25H26ClF2N3O2/c1-25(2,3)33-24(32)30-12-10-19-22(11-13-30)29-31(15-16-4-9-20(27)21(28)14-16)23(19)17-5-7-18(26)8-6-17/h4-9,14H,10-13,15H2,1-3H3. The topological polar surface area (TPSA) is 47.4 Å². The van der Waals surface area contributed by atoms with Crippen molar-refractivity contribution in [2.75, 3.05) is 13.1 Å². The van der Waals surface area contributed by atoms with Crippen LogP contribution in [-0.2, 0) is 24.1 Å². The molecule has 0 fully saturated rings. The average Bonchev–Trinajstić information content (AvgIpc) is 2.93. The zero-order valence-corrected chi connectivity index (χ0v) is 19.6. The Bertz CT molecular complexity index is 1170. The van der Waals surface area contributed by atoms with E-state index in [9.17, 15) is 13.6 Å². The highest BCUT2D eigenvalue weighted by atomic mass is 35.5. The number of hydrogen-bond donors (Lipinski definition) is 0. The predicted molar refractivity (Wildman–Crippen MR) is 123 cm³/mol. The van der Waals surface area contributed by atoms with Crippen molar-refractivity contribution in [3.05, 3.63) is 75.9 Å². The van der Waals surface area contributed by atoms with Gasteiger partial charge in [-0.2, -0.15) is 5.10 Å². The normalized spacial score (nSPS) is 14.1. The van der Waals surface area contributed by atoms with Crippen molar-refractivity contribution in [3.8, 4) is 11.3 Å². The molecule has 2 aromatic carbocycles. The van der Waals surface area contributed by atoms with Gasteiger partial charge in [0.05, 0.1) is 17.9 Å². The molecular weight excluding hydrogens is 448 g/mol. The lowest BCUT2D eigenvalue weighted by molar-refractivity contribution is 0.0258. The summed E-state index contributed by atoms with van der Waals surface area (Å²) in [6, 6.07) is 11.3. The van der Waals surface area contributed by atoms with Crippen molar-refractivity contribution in [2.45, 2.75) is 45.8 Å². The fourth-order valence-electron chi connectivity index (χ4n) is 3.98. The smallest absolute Gasteiger partial charge is 0.410 e. The Balaban J connectivity index is 1.68. The number of aromatic nitrogens is 2. The first-order chi connectivity index (χ1) is 15.6. The molecule has 1 aliphatic heterocycles. The second-order valence-electron chi connectivity index (χ2n) is 9.15. The molecule has 1 aliphatic rings. The molecule has 0 aliphatic carbocycles. The number of amides is 1. The van der Waals surface area contributed by atoms with Crippen molar-refractivity contribution in [1.82, 2.24) is 14.7 Å². The lowest BCUT2D eigenvalue weighted by atomic mass is 10.0. The maximum atomic E-state index is 13.8. The number of hydrogen-bond acceptors (Lipinski definition) is 3. The van der Waals surface area contributed by atoms with Gasteiger partial charge in [-0.1, -0.05) is 29.8 Å². The zero-order valence-electron chi connectivity index (χ0n) is 18.9. The number of nitrogens with zero attached hydrogens (tertiary/aromatic N) is 3. The van der Waals surface area contributed by atoms with Gasteiger partial charge in [-0.15, -0.1) is 0 Å². The number of rotatable bonds is 3. The number of halogens is 3. The van der Waals surface area contributed by atoms with Crippen LogP contribution in [0.3, 0.4) is 0 Å². The van der Waals surface area contributed by atoms with Crippen LogP contribution in [0.5, 0.6) is 0 Å². The molecule has 33 heavy (non-hydrogen) atoms. The second-order valence-corrected chi connectivity index (χ2v) is 9.59. The summed E-state index contributed by atoms with van der Waals surface area (Å²) in [5.74, 6) is -1.77. The van der Waals surface area contributed by atoms with E-state index >= 15 is 0 Å². The van der Waals surface area contributed by atoms with Gasteiger partial charge in [-0.05, 0) is 57.0 Å². The van der Waals surface area contributed by atoms with Crippen molar-refractivity contribution >= 4 is 17.7 Å². The summed E-state index contributed by atoms with van der Waals surface area (Å²) in [4.78, 5) is 14.3. The fourth-order valence-corrected chi connectivity index (χ4v) is 4.10. The van der Waals surface area contributed by atoms with Crippen LogP contribution in [0.2, 0.25) is 5.02 Å². The molecule has 0 bridgehead atoms. The molecule has 0 spiro atoms. The van der Waals surface area contributed by atoms with Crippen LogP contribution in [0.15, 0.2) is 42.5 Å². The molecule has 3 aromatic rings. The third-order valence-electron chi connectivity index (χ3n) is 5.47. The van der Waals surface area contributed by atoms with Gasteiger partial charge >= 0.3 is 6.09 Å². The van der Waals surface area contributed by atoms with Crippen molar-refractivity contribution in [2.24, 2.45) is 0 Å². The largest absolute Gasteiger partial charge is 0.444 e. The van der Waals surface area contributed by atoms with Crippen LogP contribution in [0.4, 0.5) is 13.6 Å². The summed E-state index contributed by atoms with van der Waals surface area (Å²) < 4.78 is 34.6. The van der Waals surface area contributed by atoms with Gasteiger partial charge in [-0.3, -0.25) is 4.68 Å². The Labute approximate surface area is 196 Å². The van der Waals surface area contributed by atoms with Crippen molar-refractivity contribution in [1.29, 1.82) is 0 Å². The summed E-state index contributed by atoms with van der Waals surface area (Å²) in [7, 11) is 0. The van der Waals surface area contributed by atoms with Crippen molar-refractivity contribution in [3.63, 3.8) is 0 Å². The first-order valence-electron chi connectivity index (χ1n) is 10.9. The van der Waals surface area contributed by atoms with Gasteiger partial charge < -0.3 is 9.64 Å². The van der Waals surface area contributed by atoms with Gasteiger partial charge in [0.1, 0.15) is 5.60 Å². The minimum atomic E-state index is -0.887. The van der Waals surface area contributed by atoms with Crippen LogP contribution in [0, 0.1) is 11.6 Å². The molecule has 1 amide bonds. The van der Waals surface area contributed by atoms with Gasteiger partial charge in [-0.25, -0.2) is 13.6 Å². The van der Waals surface area contributed by atoms with Gasteiger partial charge in [0.25, 0.3) is 0 Å². The van der Waals surface area contributed by atoms with Crippen LogP contribution in [0.1, 0.15) is 37.6 Å². The molecule has 8 heteroatoms. The molecular formula is C25H26ClF2N3O2. The average molecular weight is 474 g/mol. The molecule has 0 unspecified atom stereocenters. The molecule has 0 saturated heterocycles. The lowest BCUT2D eigenvalue weighted by Crippen LogP contribution is -2.38. The number of fused-ring (bicyclic) bond motifs is 1. The maximum Gasteiger partial charge on any atom is 0.410 e. The van der Waals surface area contributed by atoms with E-state index < -0.39 is 17.2 Å². The maximum absolute atomic E-state index is 13.8. The molecule has 0 radical (unpaired) electrons. The third-order valence-corrected chi connectivity index (χ3v) is 5.72. The number of benzene rings is 2. The molecule has 0 atom stereocenters.